The first-order chi connectivity index (χ1) is 10.8. The van der Waals surface area contributed by atoms with Crippen LogP contribution >= 0.6 is 0 Å². The zero-order valence-electron chi connectivity index (χ0n) is 14.5. The molecule has 4 aliphatic rings. The van der Waals surface area contributed by atoms with Crippen LogP contribution in [0.15, 0.2) is 11.6 Å². The Hall–Kier alpha value is -0.960. The fourth-order valence-electron chi connectivity index (χ4n) is 7.09. The molecule has 1 N–H and O–H groups in total. The van der Waals surface area contributed by atoms with Crippen molar-refractivity contribution in [2.45, 2.75) is 65.4 Å². The van der Waals surface area contributed by atoms with E-state index in [0.717, 1.165) is 31.3 Å². The molecule has 0 bridgehead atoms. The Morgan fingerprint density at radius 3 is 2.65 bits per heavy atom. The molecule has 0 amide bonds. The maximum Gasteiger partial charge on any atom is 0.155 e. The lowest BCUT2D eigenvalue weighted by Gasteiger charge is -2.60. The minimum absolute atomic E-state index is 0.0668. The molecule has 7 atom stereocenters. The van der Waals surface area contributed by atoms with Crippen LogP contribution in [0.2, 0.25) is 0 Å². The highest BCUT2D eigenvalue weighted by Gasteiger charge is 2.62. The Labute approximate surface area is 138 Å². The van der Waals surface area contributed by atoms with Crippen LogP contribution in [0.25, 0.3) is 0 Å². The van der Waals surface area contributed by atoms with Gasteiger partial charge in [-0.25, -0.2) is 0 Å². The standard InChI is InChI=1S/C20H28O3/c1-11-10-20(3)14(4-5-17(20)23)13-9-16(22)15-8-12(21)6-7-19(15,2)18(11)13/h8,11,13-14,16,18,22H,4-7,9-10H2,1-3H3/t11-,13+,14+,16-,18+,19+,20+/m1/s1. The number of hydrogen-bond donors (Lipinski definition) is 1. The summed E-state index contributed by atoms with van der Waals surface area (Å²) < 4.78 is 0. The van der Waals surface area contributed by atoms with E-state index in [1.165, 1.54) is 0 Å². The first-order valence-electron chi connectivity index (χ1n) is 9.23. The molecule has 4 rings (SSSR count). The molecule has 4 aliphatic carbocycles. The molecule has 0 unspecified atom stereocenters. The van der Waals surface area contributed by atoms with Gasteiger partial charge in [-0.15, -0.1) is 0 Å². The molecule has 126 valence electrons. The van der Waals surface area contributed by atoms with Crippen LogP contribution in [0.1, 0.15) is 59.3 Å². The largest absolute Gasteiger partial charge is 0.389 e. The SMILES string of the molecule is C[C@@H]1C[C@]2(C)C(=O)CC[C@H]2[C@@H]2C[C@@H](O)C3=CC(=O)CC[C@]3(C)[C@H]21. The average molecular weight is 316 g/mol. The lowest BCUT2D eigenvalue weighted by molar-refractivity contribution is -0.140. The number of carbonyl (C=O) groups is 2. The van der Waals surface area contributed by atoms with Gasteiger partial charge in [0.15, 0.2) is 5.78 Å². The van der Waals surface area contributed by atoms with E-state index >= 15 is 0 Å². The molecule has 0 saturated heterocycles. The maximum atomic E-state index is 12.5. The lowest BCUT2D eigenvalue weighted by Crippen LogP contribution is -2.56. The molecule has 3 heteroatoms. The molecule has 0 heterocycles. The van der Waals surface area contributed by atoms with Crippen LogP contribution in [-0.2, 0) is 9.59 Å². The predicted molar refractivity (Wildman–Crippen MR) is 87.7 cm³/mol. The van der Waals surface area contributed by atoms with Gasteiger partial charge in [0.2, 0.25) is 0 Å². The Bertz CT molecular complexity index is 606. The van der Waals surface area contributed by atoms with Crippen molar-refractivity contribution in [2.24, 2.45) is 34.5 Å². The summed E-state index contributed by atoms with van der Waals surface area (Å²) in [4.78, 5) is 24.4. The van der Waals surface area contributed by atoms with E-state index < -0.39 is 6.10 Å². The number of Topliss-reactive ketones (excluding diaryl/α,β-unsaturated/α-hetero) is 1. The smallest absolute Gasteiger partial charge is 0.155 e. The van der Waals surface area contributed by atoms with Gasteiger partial charge >= 0.3 is 0 Å². The predicted octanol–water partition coefficient (Wildman–Crippen LogP) is 3.30. The Morgan fingerprint density at radius 2 is 1.91 bits per heavy atom. The third-order valence-corrected chi connectivity index (χ3v) is 7.93. The van der Waals surface area contributed by atoms with Gasteiger partial charge in [0.1, 0.15) is 5.78 Å². The minimum atomic E-state index is -0.504. The van der Waals surface area contributed by atoms with Gasteiger partial charge in [-0.2, -0.15) is 0 Å². The maximum absolute atomic E-state index is 12.5. The number of rotatable bonds is 0. The summed E-state index contributed by atoms with van der Waals surface area (Å²) in [6, 6.07) is 0. The summed E-state index contributed by atoms with van der Waals surface area (Å²) in [6.07, 6.45) is 6.11. The van der Waals surface area contributed by atoms with E-state index in [0.29, 0.717) is 42.3 Å². The minimum Gasteiger partial charge on any atom is -0.389 e. The summed E-state index contributed by atoms with van der Waals surface area (Å²) >= 11 is 0. The molecule has 23 heavy (non-hydrogen) atoms. The van der Waals surface area contributed by atoms with E-state index in [4.69, 9.17) is 0 Å². The second kappa shape index (κ2) is 4.78. The summed E-state index contributed by atoms with van der Waals surface area (Å²) in [5, 5.41) is 10.8. The number of aliphatic hydroxyl groups excluding tert-OH is 1. The molecule has 0 spiro atoms. The van der Waals surface area contributed by atoms with Gasteiger partial charge in [0.25, 0.3) is 0 Å². The number of fused-ring (bicyclic) bond motifs is 5. The van der Waals surface area contributed by atoms with Crippen LogP contribution < -0.4 is 0 Å². The van der Waals surface area contributed by atoms with Gasteiger partial charge in [-0.3, -0.25) is 9.59 Å². The van der Waals surface area contributed by atoms with Crippen molar-refractivity contribution in [3.8, 4) is 0 Å². The van der Waals surface area contributed by atoms with Gasteiger partial charge in [-0.1, -0.05) is 20.8 Å². The Kier molecular flexibility index (Phi) is 3.23. The number of aliphatic hydroxyl groups is 1. The van der Waals surface area contributed by atoms with E-state index in [2.05, 4.69) is 20.8 Å². The quantitative estimate of drug-likeness (QED) is 0.746. The molecule has 3 saturated carbocycles. The van der Waals surface area contributed by atoms with Crippen molar-refractivity contribution >= 4 is 11.6 Å². The Morgan fingerprint density at radius 1 is 1.17 bits per heavy atom. The van der Waals surface area contributed by atoms with Crippen molar-refractivity contribution in [1.82, 2.24) is 0 Å². The Balaban J connectivity index is 1.79. The zero-order valence-corrected chi connectivity index (χ0v) is 14.5. The molecule has 0 aromatic rings. The summed E-state index contributed by atoms with van der Waals surface area (Å²) in [5.41, 5.74) is 0.736. The molecule has 0 aromatic carbocycles. The van der Waals surface area contributed by atoms with E-state index in [1.807, 2.05) is 0 Å². The highest BCUT2D eigenvalue weighted by Crippen LogP contribution is 2.65. The summed E-state index contributed by atoms with van der Waals surface area (Å²) in [6.45, 7) is 6.73. The van der Waals surface area contributed by atoms with Crippen molar-refractivity contribution in [3.05, 3.63) is 11.6 Å². The highest BCUT2D eigenvalue weighted by atomic mass is 16.3. The van der Waals surface area contributed by atoms with Gasteiger partial charge in [0.05, 0.1) is 6.10 Å². The topological polar surface area (TPSA) is 54.4 Å². The third-order valence-electron chi connectivity index (χ3n) is 7.93. The first-order valence-corrected chi connectivity index (χ1v) is 9.23. The fraction of sp³-hybridized carbons (Fsp3) is 0.800. The monoisotopic (exact) mass is 316 g/mol. The van der Waals surface area contributed by atoms with Crippen LogP contribution in [0, 0.1) is 34.5 Å². The highest BCUT2D eigenvalue weighted by molar-refractivity contribution is 5.92. The van der Waals surface area contributed by atoms with Crippen LogP contribution in [-0.4, -0.2) is 22.8 Å². The second-order valence-electron chi connectivity index (χ2n) is 9.09. The van der Waals surface area contributed by atoms with Crippen LogP contribution in [0.5, 0.6) is 0 Å². The second-order valence-corrected chi connectivity index (χ2v) is 9.09. The number of ketones is 2. The van der Waals surface area contributed by atoms with E-state index in [-0.39, 0.29) is 16.6 Å². The summed E-state index contributed by atoms with van der Waals surface area (Å²) in [7, 11) is 0. The average Bonchev–Trinajstić information content (AvgIpc) is 2.76. The van der Waals surface area contributed by atoms with Crippen LogP contribution in [0.3, 0.4) is 0 Å². The van der Waals surface area contributed by atoms with Gasteiger partial charge in [-0.05, 0) is 66.4 Å². The van der Waals surface area contributed by atoms with E-state index in [1.54, 1.807) is 6.08 Å². The molecular weight excluding hydrogens is 288 g/mol. The van der Waals surface area contributed by atoms with Gasteiger partial charge in [0, 0.05) is 18.3 Å². The number of hydrogen-bond acceptors (Lipinski definition) is 3. The zero-order chi connectivity index (χ0) is 16.6. The molecule has 0 aromatic heterocycles. The normalized spacial score (nSPS) is 52.5. The molecule has 0 radical (unpaired) electrons. The lowest BCUT2D eigenvalue weighted by atomic mass is 9.44. The molecule has 0 aliphatic heterocycles. The first kappa shape index (κ1) is 15.6. The van der Waals surface area contributed by atoms with Crippen LogP contribution in [0.4, 0.5) is 0 Å². The molecule has 3 fully saturated rings. The summed E-state index contributed by atoms with van der Waals surface area (Å²) in [5.74, 6) is 2.40. The van der Waals surface area contributed by atoms with Crippen molar-refractivity contribution in [1.29, 1.82) is 0 Å². The van der Waals surface area contributed by atoms with Gasteiger partial charge < -0.3 is 5.11 Å². The fourth-order valence-corrected chi connectivity index (χ4v) is 7.09. The van der Waals surface area contributed by atoms with Crippen molar-refractivity contribution in [3.63, 3.8) is 0 Å². The van der Waals surface area contributed by atoms with E-state index in [9.17, 15) is 14.7 Å². The van der Waals surface area contributed by atoms with Crippen molar-refractivity contribution in [2.75, 3.05) is 0 Å². The van der Waals surface area contributed by atoms with Crippen molar-refractivity contribution < 1.29 is 14.7 Å². The third kappa shape index (κ3) is 1.92. The molecular formula is C20H28O3. The molecule has 3 nitrogen and oxygen atoms in total. The number of carbonyl (C=O) groups excluding carboxylic acids is 2.